The van der Waals surface area contributed by atoms with Gasteiger partial charge in [-0.2, -0.15) is 0 Å². The Kier molecular flexibility index (Phi) is 6.46. The summed E-state index contributed by atoms with van der Waals surface area (Å²) in [5, 5.41) is 16.6. The summed E-state index contributed by atoms with van der Waals surface area (Å²) < 4.78 is 0. The van der Waals surface area contributed by atoms with E-state index >= 15 is 0 Å². The van der Waals surface area contributed by atoms with Crippen LogP contribution in [0.4, 0.5) is 0 Å². The van der Waals surface area contributed by atoms with E-state index in [0.717, 1.165) is 62.3 Å². The number of nitrogens with two attached hydrogens (primary N) is 1. The van der Waals surface area contributed by atoms with E-state index < -0.39 is 0 Å². The summed E-state index contributed by atoms with van der Waals surface area (Å²) in [6.45, 7) is 10.9. The van der Waals surface area contributed by atoms with Gasteiger partial charge in [-0.15, -0.1) is 0 Å². The predicted octanol–water partition coefficient (Wildman–Crippen LogP) is 0.538. The number of piperidine rings is 1. The van der Waals surface area contributed by atoms with Crippen molar-refractivity contribution in [1.82, 2.24) is 20.9 Å². The zero-order chi connectivity index (χ0) is 16.7. The molecule has 2 aliphatic heterocycles. The van der Waals surface area contributed by atoms with Gasteiger partial charge in [0.1, 0.15) is 5.84 Å². The third kappa shape index (κ3) is 5.59. The van der Waals surface area contributed by atoms with Gasteiger partial charge in [0.2, 0.25) is 0 Å². The fourth-order valence-electron chi connectivity index (χ4n) is 2.94. The average molecular weight is 319 g/mol. The van der Waals surface area contributed by atoms with Gasteiger partial charge < -0.3 is 26.6 Å². The fraction of sp³-hybridized carbons (Fsp3) is 0.625. The molecule has 0 aliphatic carbocycles. The number of nitrogens with one attached hydrogen (secondary N) is 4. The Morgan fingerprint density at radius 3 is 2.87 bits per heavy atom. The second-order valence-corrected chi connectivity index (χ2v) is 6.15. The summed E-state index contributed by atoms with van der Waals surface area (Å²) in [5.74, 6) is 1.67. The van der Waals surface area contributed by atoms with Crippen molar-refractivity contribution in [1.29, 1.82) is 5.41 Å². The van der Waals surface area contributed by atoms with Crippen molar-refractivity contribution < 1.29 is 0 Å². The number of nitrogens with zero attached hydrogens (tertiary/aromatic N) is 2. The highest BCUT2D eigenvalue weighted by atomic mass is 15.2. The average Bonchev–Trinajstić information content (AvgIpc) is 2.51. The minimum atomic E-state index is 0.0463. The summed E-state index contributed by atoms with van der Waals surface area (Å²) in [6.07, 6.45) is 5.37. The molecule has 0 aromatic rings. The molecule has 0 radical (unpaired) electrons. The zero-order valence-electron chi connectivity index (χ0n) is 14.0. The van der Waals surface area contributed by atoms with Crippen LogP contribution in [-0.2, 0) is 0 Å². The van der Waals surface area contributed by atoms with Crippen molar-refractivity contribution >= 4 is 11.8 Å². The van der Waals surface area contributed by atoms with Crippen LogP contribution >= 0.6 is 0 Å². The number of aliphatic imine (C=N–C) groups is 1. The van der Waals surface area contributed by atoms with Gasteiger partial charge in [0.15, 0.2) is 5.96 Å². The summed E-state index contributed by atoms with van der Waals surface area (Å²) in [7, 11) is 0. The van der Waals surface area contributed by atoms with E-state index in [4.69, 9.17) is 11.1 Å². The third-order valence-corrected chi connectivity index (χ3v) is 4.25. The second kappa shape index (κ2) is 8.57. The molecular formula is C16H29N7. The largest absolute Gasteiger partial charge is 0.370 e. The normalized spacial score (nSPS) is 19.0. The maximum absolute atomic E-state index is 7.08. The number of guanidine groups is 1. The topological polar surface area (TPSA) is 102 Å². The minimum Gasteiger partial charge on any atom is -0.370 e. The quantitative estimate of drug-likeness (QED) is 0.268. The van der Waals surface area contributed by atoms with E-state index in [-0.39, 0.29) is 5.96 Å². The molecule has 7 nitrogen and oxygen atoms in total. The molecule has 0 amide bonds. The van der Waals surface area contributed by atoms with Crippen molar-refractivity contribution in [3.05, 3.63) is 24.2 Å². The van der Waals surface area contributed by atoms with Crippen molar-refractivity contribution in [2.45, 2.75) is 26.2 Å². The van der Waals surface area contributed by atoms with Gasteiger partial charge >= 0.3 is 0 Å². The molecule has 0 saturated carbocycles. The van der Waals surface area contributed by atoms with Gasteiger partial charge in [-0.25, -0.2) is 4.99 Å². The lowest BCUT2D eigenvalue weighted by Crippen LogP contribution is -2.39. The van der Waals surface area contributed by atoms with Gasteiger partial charge in [-0.3, -0.25) is 5.41 Å². The van der Waals surface area contributed by atoms with Crippen molar-refractivity contribution in [3.8, 4) is 0 Å². The molecule has 0 spiro atoms. The van der Waals surface area contributed by atoms with Crippen LogP contribution < -0.4 is 21.7 Å². The second-order valence-electron chi connectivity index (χ2n) is 6.15. The first-order chi connectivity index (χ1) is 11.1. The van der Waals surface area contributed by atoms with Gasteiger partial charge in [0.25, 0.3) is 0 Å². The van der Waals surface area contributed by atoms with Crippen molar-refractivity contribution in [2.75, 3.05) is 32.7 Å². The van der Waals surface area contributed by atoms with Gasteiger partial charge in [0, 0.05) is 25.8 Å². The molecule has 2 rings (SSSR count). The molecule has 1 fully saturated rings. The molecule has 2 heterocycles. The number of hydrogen-bond acceptors (Lipinski definition) is 5. The fourth-order valence-corrected chi connectivity index (χ4v) is 2.94. The molecule has 7 heteroatoms. The molecule has 2 aliphatic rings. The van der Waals surface area contributed by atoms with Gasteiger partial charge in [-0.1, -0.05) is 6.58 Å². The highest BCUT2D eigenvalue weighted by Gasteiger charge is 2.22. The Morgan fingerprint density at radius 1 is 1.48 bits per heavy atom. The molecule has 6 N–H and O–H groups in total. The van der Waals surface area contributed by atoms with Crippen LogP contribution in [0.3, 0.4) is 0 Å². The van der Waals surface area contributed by atoms with E-state index in [1.54, 1.807) is 0 Å². The highest BCUT2D eigenvalue weighted by Crippen LogP contribution is 2.24. The zero-order valence-corrected chi connectivity index (χ0v) is 14.0. The van der Waals surface area contributed by atoms with Crippen LogP contribution in [-0.4, -0.2) is 49.4 Å². The van der Waals surface area contributed by atoms with Crippen LogP contribution in [0.2, 0.25) is 0 Å². The molecule has 128 valence electrons. The van der Waals surface area contributed by atoms with Crippen LogP contribution in [0.15, 0.2) is 29.2 Å². The standard InChI is InChI=1S/C16H29N7/c1-12-15(11-21-13(2)22-12)23-8-4-14(5-9-23)10-19-6-3-7-20-16(17)18/h11,14,19H,1,3-10H2,2H3,(H,21,22)(H4,17,18,20). The Balaban J connectivity index is 1.61. The predicted molar refractivity (Wildman–Crippen MR) is 95.2 cm³/mol. The Hall–Kier alpha value is -2.02. The highest BCUT2D eigenvalue weighted by molar-refractivity contribution is 5.83. The summed E-state index contributed by atoms with van der Waals surface area (Å²) in [6, 6.07) is 0. The monoisotopic (exact) mass is 319 g/mol. The van der Waals surface area contributed by atoms with E-state index in [2.05, 4.69) is 32.4 Å². The van der Waals surface area contributed by atoms with Crippen molar-refractivity contribution in [2.24, 2.45) is 16.6 Å². The minimum absolute atomic E-state index is 0.0463. The lowest BCUT2D eigenvalue weighted by Gasteiger charge is -2.36. The molecular weight excluding hydrogens is 290 g/mol. The molecule has 0 atom stereocenters. The first-order valence-corrected chi connectivity index (χ1v) is 8.31. The maximum Gasteiger partial charge on any atom is 0.185 e. The van der Waals surface area contributed by atoms with Gasteiger partial charge in [0.05, 0.1) is 11.4 Å². The lowest BCUT2D eigenvalue weighted by atomic mass is 9.96. The first-order valence-electron chi connectivity index (χ1n) is 8.31. The maximum atomic E-state index is 7.08. The van der Waals surface area contributed by atoms with Crippen LogP contribution in [0.5, 0.6) is 0 Å². The molecule has 1 saturated heterocycles. The Morgan fingerprint density at radius 2 is 2.22 bits per heavy atom. The first kappa shape index (κ1) is 17.3. The number of likely N-dealkylation sites (tertiary alicyclic amines) is 1. The SMILES string of the molecule is C=C1N=C(C)NC=C1N1CCC(CNCCCNC(=N)N)CC1. The number of amidine groups is 1. The van der Waals surface area contributed by atoms with E-state index in [1.165, 1.54) is 12.8 Å². The smallest absolute Gasteiger partial charge is 0.185 e. The Labute approximate surface area is 138 Å². The van der Waals surface area contributed by atoms with E-state index in [1.807, 2.05) is 13.1 Å². The van der Waals surface area contributed by atoms with E-state index in [0.29, 0.717) is 0 Å². The Bertz CT molecular complexity index is 487. The molecule has 0 unspecified atom stereocenters. The summed E-state index contributed by atoms with van der Waals surface area (Å²) in [4.78, 5) is 6.78. The van der Waals surface area contributed by atoms with Crippen molar-refractivity contribution in [3.63, 3.8) is 0 Å². The number of hydrogen-bond donors (Lipinski definition) is 5. The van der Waals surface area contributed by atoms with E-state index in [9.17, 15) is 0 Å². The molecule has 0 aromatic carbocycles. The number of rotatable bonds is 7. The van der Waals surface area contributed by atoms with Gasteiger partial charge in [-0.05, 0) is 45.2 Å². The summed E-state index contributed by atoms with van der Waals surface area (Å²) >= 11 is 0. The third-order valence-electron chi connectivity index (χ3n) is 4.25. The molecule has 0 bridgehead atoms. The summed E-state index contributed by atoms with van der Waals surface area (Å²) in [5.41, 5.74) is 7.22. The lowest BCUT2D eigenvalue weighted by molar-refractivity contribution is 0.224. The molecule has 0 aromatic heterocycles. The van der Waals surface area contributed by atoms with Crippen LogP contribution in [0, 0.1) is 11.3 Å². The molecule has 23 heavy (non-hydrogen) atoms. The van der Waals surface area contributed by atoms with Crippen LogP contribution in [0.1, 0.15) is 26.2 Å². The van der Waals surface area contributed by atoms with Crippen LogP contribution in [0.25, 0.3) is 0 Å².